The number of hydrogen-bond donors (Lipinski definition) is 2. The van der Waals surface area contributed by atoms with Crippen molar-refractivity contribution in [2.45, 2.75) is 0 Å². The molecule has 0 spiro atoms. The fraction of sp³-hybridized carbons (Fsp3) is 0.200. The van der Waals surface area contributed by atoms with Crippen LogP contribution in [0.3, 0.4) is 0 Å². The van der Waals surface area contributed by atoms with E-state index in [2.05, 4.69) is 10.2 Å². The number of nitrogens with one attached hydrogen (secondary N) is 2. The smallest absolute Gasteiger partial charge is 0.270 e. The molecule has 0 unspecified atom stereocenters. The van der Waals surface area contributed by atoms with Gasteiger partial charge in [-0.2, -0.15) is 0 Å². The second-order valence-corrected chi connectivity index (χ2v) is 3.45. The van der Waals surface area contributed by atoms with Crippen molar-refractivity contribution in [3.05, 3.63) is 32.8 Å². The van der Waals surface area contributed by atoms with Crippen molar-refractivity contribution in [3.8, 4) is 11.5 Å². The van der Waals surface area contributed by atoms with Gasteiger partial charge in [0.05, 0.1) is 10.8 Å². The molecule has 6 heteroatoms. The van der Waals surface area contributed by atoms with Crippen molar-refractivity contribution in [3.63, 3.8) is 0 Å². The first kappa shape index (κ1) is 9.02. The summed E-state index contributed by atoms with van der Waals surface area (Å²) in [6.07, 6.45) is 0. The van der Waals surface area contributed by atoms with Gasteiger partial charge in [0.2, 0.25) is 0 Å². The molecule has 16 heavy (non-hydrogen) atoms. The van der Waals surface area contributed by atoms with E-state index in [-0.39, 0.29) is 11.1 Å². The Hall–Kier alpha value is -2.24. The van der Waals surface area contributed by atoms with Crippen molar-refractivity contribution in [2.24, 2.45) is 0 Å². The Morgan fingerprint density at radius 3 is 1.75 bits per heavy atom. The summed E-state index contributed by atoms with van der Waals surface area (Å²) < 4.78 is 10.7. The molecule has 1 aliphatic heterocycles. The lowest BCUT2D eigenvalue weighted by molar-refractivity contribution is 0.172. The summed E-state index contributed by atoms with van der Waals surface area (Å²) in [4.78, 5) is 23.0. The van der Waals surface area contributed by atoms with Crippen LogP contribution < -0.4 is 20.6 Å². The molecule has 1 aromatic carbocycles. The highest BCUT2D eigenvalue weighted by Gasteiger charge is 2.15. The topological polar surface area (TPSA) is 84.2 Å². The Morgan fingerprint density at radius 1 is 0.875 bits per heavy atom. The third-order valence-electron chi connectivity index (χ3n) is 2.46. The molecule has 1 aliphatic rings. The molecule has 0 saturated heterocycles. The molecule has 2 N–H and O–H groups in total. The van der Waals surface area contributed by atoms with Crippen LogP contribution in [0, 0.1) is 0 Å². The zero-order valence-electron chi connectivity index (χ0n) is 8.20. The Bertz CT molecular complexity index is 612. The monoisotopic (exact) mass is 220 g/mol. The van der Waals surface area contributed by atoms with Gasteiger partial charge in [0.15, 0.2) is 11.5 Å². The Balaban J connectivity index is 2.44. The van der Waals surface area contributed by atoms with Crippen LogP contribution in [-0.2, 0) is 0 Å². The summed E-state index contributed by atoms with van der Waals surface area (Å²) in [6, 6.07) is 3.05. The summed E-state index contributed by atoms with van der Waals surface area (Å²) in [5.74, 6) is 0.990. The molecular formula is C10H8N2O4. The number of benzene rings is 1. The Kier molecular flexibility index (Phi) is 1.76. The first-order valence-electron chi connectivity index (χ1n) is 4.80. The van der Waals surface area contributed by atoms with Gasteiger partial charge in [0.25, 0.3) is 11.1 Å². The van der Waals surface area contributed by atoms with E-state index >= 15 is 0 Å². The molecule has 1 aromatic heterocycles. The second-order valence-electron chi connectivity index (χ2n) is 3.45. The second kappa shape index (κ2) is 3.13. The van der Waals surface area contributed by atoms with E-state index < -0.39 is 0 Å². The van der Waals surface area contributed by atoms with Crippen LogP contribution in [0.2, 0.25) is 0 Å². The van der Waals surface area contributed by atoms with Crippen LogP contribution in [-0.4, -0.2) is 23.4 Å². The van der Waals surface area contributed by atoms with Gasteiger partial charge in [-0.1, -0.05) is 0 Å². The van der Waals surface area contributed by atoms with Crippen molar-refractivity contribution in [1.82, 2.24) is 10.2 Å². The van der Waals surface area contributed by atoms with Crippen molar-refractivity contribution in [2.75, 3.05) is 13.2 Å². The highest BCUT2D eigenvalue weighted by atomic mass is 16.6. The van der Waals surface area contributed by atoms with Crippen molar-refractivity contribution >= 4 is 10.8 Å². The number of H-pyrrole nitrogens is 2. The van der Waals surface area contributed by atoms with Crippen molar-refractivity contribution in [1.29, 1.82) is 0 Å². The van der Waals surface area contributed by atoms with Gasteiger partial charge in [-0.25, -0.2) is 0 Å². The molecule has 0 aliphatic carbocycles. The highest BCUT2D eigenvalue weighted by Crippen LogP contribution is 2.32. The number of fused-ring (bicyclic) bond motifs is 2. The first-order valence-corrected chi connectivity index (χ1v) is 4.80. The minimum Gasteiger partial charge on any atom is -0.486 e. The lowest BCUT2D eigenvalue weighted by Gasteiger charge is -2.18. The van der Waals surface area contributed by atoms with Crippen LogP contribution in [0.25, 0.3) is 10.8 Å². The molecule has 0 radical (unpaired) electrons. The number of ether oxygens (including phenoxy) is 2. The number of aromatic amines is 2. The maximum absolute atomic E-state index is 11.5. The predicted octanol–water partition coefficient (Wildman–Crippen LogP) is -0.0124. The summed E-state index contributed by atoms with van der Waals surface area (Å²) in [5.41, 5.74) is -0.710. The van der Waals surface area contributed by atoms with Gasteiger partial charge in [-0.15, -0.1) is 0 Å². The third-order valence-corrected chi connectivity index (χ3v) is 2.46. The van der Waals surface area contributed by atoms with E-state index in [0.29, 0.717) is 35.5 Å². The molecule has 0 amide bonds. The normalized spacial score (nSPS) is 14.0. The lowest BCUT2D eigenvalue weighted by Crippen LogP contribution is -2.21. The van der Waals surface area contributed by atoms with E-state index in [0.717, 1.165) is 0 Å². The summed E-state index contributed by atoms with van der Waals surface area (Å²) in [7, 11) is 0. The highest BCUT2D eigenvalue weighted by molar-refractivity contribution is 5.84. The van der Waals surface area contributed by atoms with Gasteiger partial charge in [-0.3, -0.25) is 19.8 Å². The molecule has 82 valence electrons. The van der Waals surface area contributed by atoms with Gasteiger partial charge in [0, 0.05) is 0 Å². The molecule has 0 fully saturated rings. The van der Waals surface area contributed by atoms with Crippen LogP contribution in [0.5, 0.6) is 11.5 Å². The fourth-order valence-corrected chi connectivity index (χ4v) is 1.71. The molecule has 0 bridgehead atoms. The standard InChI is InChI=1S/C10H8N2O4/c13-9-5-3-7-8(16-2-1-15-7)4-6(5)10(14)12-11-9/h3-4H,1-2H2,(H,11,13)(H,12,14). The Morgan fingerprint density at radius 2 is 1.31 bits per heavy atom. The molecule has 2 aromatic rings. The van der Waals surface area contributed by atoms with Crippen LogP contribution in [0.1, 0.15) is 0 Å². The number of rotatable bonds is 0. The minimum absolute atomic E-state index is 0.299. The zero-order chi connectivity index (χ0) is 11.1. The van der Waals surface area contributed by atoms with Gasteiger partial charge >= 0.3 is 0 Å². The van der Waals surface area contributed by atoms with Gasteiger partial charge in [-0.05, 0) is 12.1 Å². The van der Waals surface area contributed by atoms with Gasteiger partial charge in [0.1, 0.15) is 13.2 Å². The third kappa shape index (κ3) is 1.19. The van der Waals surface area contributed by atoms with E-state index in [1.165, 1.54) is 12.1 Å². The molecule has 2 heterocycles. The van der Waals surface area contributed by atoms with Crippen molar-refractivity contribution < 1.29 is 9.47 Å². The fourth-order valence-electron chi connectivity index (χ4n) is 1.71. The van der Waals surface area contributed by atoms with E-state index in [9.17, 15) is 9.59 Å². The zero-order valence-corrected chi connectivity index (χ0v) is 8.20. The minimum atomic E-state index is -0.355. The predicted molar refractivity (Wildman–Crippen MR) is 56.2 cm³/mol. The van der Waals surface area contributed by atoms with Crippen LogP contribution in [0.15, 0.2) is 21.7 Å². The van der Waals surface area contributed by atoms with Crippen LogP contribution in [0.4, 0.5) is 0 Å². The largest absolute Gasteiger partial charge is 0.486 e. The Labute approximate surface area is 88.8 Å². The average molecular weight is 220 g/mol. The maximum atomic E-state index is 11.5. The van der Waals surface area contributed by atoms with E-state index in [4.69, 9.17) is 9.47 Å². The lowest BCUT2D eigenvalue weighted by atomic mass is 10.1. The van der Waals surface area contributed by atoms with Gasteiger partial charge < -0.3 is 9.47 Å². The number of hydrogen-bond acceptors (Lipinski definition) is 4. The quantitative estimate of drug-likeness (QED) is 0.653. The molecular weight excluding hydrogens is 212 g/mol. The SMILES string of the molecule is O=c1[nH][nH]c(=O)c2cc3c(cc12)OCCO3. The average Bonchev–Trinajstić information content (AvgIpc) is 2.32. The van der Waals surface area contributed by atoms with E-state index in [1.54, 1.807) is 0 Å². The molecule has 3 rings (SSSR count). The summed E-state index contributed by atoms with van der Waals surface area (Å²) in [6.45, 7) is 0.888. The number of aromatic nitrogens is 2. The molecule has 0 atom stereocenters. The maximum Gasteiger partial charge on any atom is 0.270 e. The summed E-state index contributed by atoms with van der Waals surface area (Å²) >= 11 is 0. The molecule has 6 nitrogen and oxygen atoms in total. The molecule has 0 saturated carbocycles. The summed E-state index contributed by atoms with van der Waals surface area (Å²) in [5, 5.41) is 5.12. The first-order chi connectivity index (χ1) is 7.75. The van der Waals surface area contributed by atoms with Crippen LogP contribution >= 0.6 is 0 Å². The van der Waals surface area contributed by atoms with E-state index in [1.807, 2.05) is 0 Å².